The van der Waals surface area contributed by atoms with Crippen LogP contribution in [0.2, 0.25) is 0 Å². The van der Waals surface area contributed by atoms with E-state index in [2.05, 4.69) is 45.0 Å². The molecule has 0 bridgehead atoms. The monoisotopic (exact) mass is 204 g/mol. The second-order valence-electron chi connectivity index (χ2n) is 4.73. The maximum absolute atomic E-state index is 2.38. The van der Waals surface area contributed by atoms with Crippen molar-refractivity contribution >= 4 is 0 Å². The van der Waals surface area contributed by atoms with Crippen molar-refractivity contribution in [1.82, 2.24) is 0 Å². The van der Waals surface area contributed by atoms with Crippen LogP contribution in [0.5, 0.6) is 0 Å². The second-order valence-corrected chi connectivity index (χ2v) is 4.73. The summed E-state index contributed by atoms with van der Waals surface area (Å²) in [6.45, 7) is 6.86. The van der Waals surface area contributed by atoms with Gasteiger partial charge in [-0.15, -0.1) is 0 Å². The molecule has 0 nitrogen and oxygen atoms in total. The van der Waals surface area contributed by atoms with Crippen molar-refractivity contribution in [3.8, 4) is 0 Å². The van der Waals surface area contributed by atoms with Crippen molar-refractivity contribution in [1.29, 1.82) is 0 Å². The zero-order valence-corrected chi connectivity index (χ0v) is 10.4. The standard InChI is InChI=1S/C15H24/c1-4-5-6-9-13(2)12-15-11-8-7-10-14(15)3/h7-8,10-11,13H,4-6,9,12H2,1-3H3. The first-order valence-electron chi connectivity index (χ1n) is 6.28. The van der Waals surface area contributed by atoms with E-state index in [4.69, 9.17) is 0 Å². The maximum atomic E-state index is 2.38. The molecule has 1 rings (SSSR count). The van der Waals surface area contributed by atoms with Gasteiger partial charge in [-0.25, -0.2) is 0 Å². The fraction of sp³-hybridized carbons (Fsp3) is 0.600. The van der Waals surface area contributed by atoms with Crippen LogP contribution in [0.1, 0.15) is 50.7 Å². The Bertz CT molecular complexity index is 275. The first-order chi connectivity index (χ1) is 7.24. The van der Waals surface area contributed by atoms with Crippen LogP contribution < -0.4 is 0 Å². The summed E-state index contributed by atoms with van der Waals surface area (Å²) in [6.07, 6.45) is 6.73. The van der Waals surface area contributed by atoms with E-state index in [1.165, 1.54) is 43.2 Å². The summed E-state index contributed by atoms with van der Waals surface area (Å²) >= 11 is 0. The number of aryl methyl sites for hydroxylation is 1. The number of benzene rings is 1. The van der Waals surface area contributed by atoms with Gasteiger partial charge < -0.3 is 0 Å². The molecule has 1 atom stereocenters. The van der Waals surface area contributed by atoms with E-state index < -0.39 is 0 Å². The van der Waals surface area contributed by atoms with E-state index in [0.717, 1.165) is 5.92 Å². The number of unbranched alkanes of at least 4 members (excludes halogenated alkanes) is 2. The molecule has 0 aliphatic carbocycles. The first kappa shape index (κ1) is 12.3. The lowest BCUT2D eigenvalue weighted by Crippen LogP contribution is -2.01. The molecule has 0 radical (unpaired) electrons. The number of hydrogen-bond acceptors (Lipinski definition) is 0. The largest absolute Gasteiger partial charge is 0.0654 e. The summed E-state index contributed by atoms with van der Waals surface area (Å²) in [5.74, 6) is 0.831. The van der Waals surface area contributed by atoms with Gasteiger partial charge in [-0.1, -0.05) is 63.8 Å². The zero-order chi connectivity index (χ0) is 11.1. The molecule has 84 valence electrons. The fourth-order valence-corrected chi connectivity index (χ4v) is 2.06. The Morgan fingerprint density at radius 1 is 1.13 bits per heavy atom. The lowest BCUT2D eigenvalue weighted by atomic mass is 9.93. The van der Waals surface area contributed by atoms with Gasteiger partial charge >= 0.3 is 0 Å². The van der Waals surface area contributed by atoms with Crippen molar-refractivity contribution in [2.75, 3.05) is 0 Å². The number of rotatable bonds is 6. The van der Waals surface area contributed by atoms with E-state index >= 15 is 0 Å². The van der Waals surface area contributed by atoms with Crippen LogP contribution in [0, 0.1) is 12.8 Å². The van der Waals surface area contributed by atoms with Crippen LogP contribution in [0.15, 0.2) is 24.3 Å². The first-order valence-corrected chi connectivity index (χ1v) is 6.28. The fourth-order valence-electron chi connectivity index (χ4n) is 2.06. The molecule has 0 aromatic heterocycles. The van der Waals surface area contributed by atoms with Gasteiger partial charge in [0.2, 0.25) is 0 Å². The van der Waals surface area contributed by atoms with Crippen LogP contribution in [0.25, 0.3) is 0 Å². The van der Waals surface area contributed by atoms with Gasteiger partial charge in [0.1, 0.15) is 0 Å². The van der Waals surface area contributed by atoms with Gasteiger partial charge in [-0.05, 0) is 30.4 Å². The molecule has 0 heterocycles. The van der Waals surface area contributed by atoms with Crippen LogP contribution in [-0.4, -0.2) is 0 Å². The zero-order valence-electron chi connectivity index (χ0n) is 10.4. The molecule has 0 spiro atoms. The van der Waals surface area contributed by atoms with Crippen molar-refractivity contribution < 1.29 is 0 Å². The Balaban J connectivity index is 2.37. The highest BCUT2D eigenvalue weighted by Gasteiger charge is 2.04. The van der Waals surface area contributed by atoms with E-state index in [1.807, 2.05) is 0 Å². The second kappa shape index (κ2) is 6.66. The molecule has 0 saturated carbocycles. The molecule has 1 aromatic rings. The van der Waals surface area contributed by atoms with E-state index in [9.17, 15) is 0 Å². The highest BCUT2D eigenvalue weighted by molar-refractivity contribution is 5.25. The summed E-state index contributed by atoms with van der Waals surface area (Å²) < 4.78 is 0. The molecule has 0 aliphatic rings. The predicted molar refractivity (Wildman–Crippen MR) is 68.2 cm³/mol. The molecule has 15 heavy (non-hydrogen) atoms. The van der Waals surface area contributed by atoms with Crippen LogP contribution in [0.4, 0.5) is 0 Å². The highest BCUT2D eigenvalue weighted by Crippen LogP contribution is 2.17. The SMILES string of the molecule is CCCCCC(C)Cc1ccccc1C. The van der Waals surface area contributed by atoms with Gasteiger partial charge in [0, 0.05) is 0 Å². The molecule has 1 aromatic carbocycles. The molecule has 0 aliphatic heterocycles. The molecule has 0 saturated heterocycles. The predicted octanol–water partition coefficient (Wildman–Crippen LogP) is 4.75. The molecule has 0 fully saturated rings. The highest BCUT2D eigenvalue weighted by atomic mass is 14.1. The average molecular weight is 204 g/mol. The summed E-state index contributed by atoms with van der Waals surface area (Å²) in [4.78, 5) is 0. The molecule has 0 heteroatoms. The summed E-state index contributed by atoms with van der Waals surface area (Å²) in [5.41, 5.74) is 2.97. The minimum atomic E-state index is 0.831. The van der Waals surface area contributed by atoms with Gasteiger partial charge in [-0.2, -0.15) is 0 Å². The van der Waals surface area contributed by atoms with E-state index in [-0.39, 0.29) is 0 Å². The lowest BCUT2D eigenvalue weighted by Gasteiger charge is -2.12. The Morgan fingerprint density at radius 2 is 1.87 bits per heavy atom. The third-order valence-corrected chi connectivity index (χ3v) is 3.13. The minimum Gasteiger partial charge on any atom is -0.0654 e. The minimum absolute atomic E-state index is 0.831. The summed E-state index contributed by atoms with van der Waals surface area (Å²) in [6, 6.07) is 8.77. The quantitative estimate of drug-likeness (QED) is 0.586. The third kappa shape index (κ3) is 4.51. The number of hydrogen-bond donors (Lipinski definition) is 0. The topological polar surface area (TPSA) is 0 Å². The van der Waals surface area contributed by atoms with Crippen molar-refractivity contribution in [2.45, 2.75) is 52.9 Å². The van der Waals surface area contributed by atoms with Crippen molar-refractivity contribution in [3.63, 3.8) is 0 Å². The van der Waals surface area contributed by atoms with Gasteiger partial charge in [0.05, 0.1) is 0 Å². The van der Waals surface area contributed by atoms with Crippen LogP contribution in [-0.2, 0) is 6.42 Å². The summed E-state index contributed by atoms with van der Waals surface area (Å²) in [7, 11) is 0. The molecule has 0 amide bonds. The molecular formula is C15H24. The smallest absolute Gasteiger partial charge is 0.0250 e. The Kier molecular flexibility index (Phi) is 5.45. The van der Waals surface area contributed by atoms with Crippen molar-refractivity contribution in [3.05, 3.63) is 35.4 Å². The molecule has 1 unspecified atom stereocenters. The molecule has 0 N–H and O–H groups in total. The summed E-state index contributed by atoms with van der Waals surface area (Å²) in [5, 5.41) is 0. The Labute approximate surface area is 94.7 Å². The average Bonchev–Trinajstić information content (AvgIpc) is 2.22. The maximum Gasteiger partial charge on any atom is -0.0250 e. The van der Waals surface area contributed by atoms with Gasteiger partial charge in [-0.3, -0.25) is 0 Å². The normalized spacial score (nSPS) is 12.7. The Hall–Kier alpha value is -0.780. The third-order valence-electron chi connectivity index (χ3n) is 3.13. The van der Waals surface area contributed by atoms with E-state index in [1.54, 1.807) is 0 Å². The van der Waals surface area contributed by atoms with Gasteiger partial charge in [0.15, 0.2) is 0 Å². The Morgan fingerprint density at radius 3 is 2.53 bits per heavy atom. The van der Waals surface area contributed by atoms with Gasteiger partial charge in [0.25, 0.3) is 0 Å². The van der Waals surface area contributed by atoms with Crippen molar-refractivity contribution in [2.24, 2.45) is 5.92 Å². The van der Waals surface area contributed by atoms with E-state index in [0.29, 0.717) is 0 Å². The van der Waals surface area contributed by atoms with Crippen LogP contribution >= 0.6 is 0 Å². The lowest BCUT2D eigenvalue weighted by molar-refractivity contribution is 0.492. The van der Waals surface area contributed by atoms with Crippen LogP contribution in [0.3, 0.4) is 0 Å². The molecular weight excluding hydrogens is 180 g/mol.